The zero-order valence-corrected chi connectivity index (χ0v) is 16.3. The van der Waals surface area contributed by atoms with Crippen LogP contribution < -0.4 is 5.32 Å². The second-order valence-electron chi connectivity index (χ2n) is 6.59. The van der Waals surface area contributed by atoms with E-state index in [0.29, 0.717) is 11.5 Å². The van der Waals surface area contributed by atoms with Crippen LogP contribution in [0.4, 0.5) is 0 Å². The molecule has 1 N–H and O–H groups in total. The molecule has 2 aromatic carbocycles. The molecule has 140 valence electrons. The van der Waals surface area contributed by atoms with Gasteiger partial charge in [0.05, 0.1) is 11.8 Å². The first kappa shape index (κ1) is 19.1. The summed E-state index contributed by atoms with van der Waals surface area (Å²) in [5, 5.41) is 2.92. The lowest BCUT2D eigenvalue weighted by atomic mass is 10.1. The second-order valence-corrected chi connectivity index (χ2v) is 8.04. The molecule has 0 saturated heterocycles. The molecule has 1 aromatic heterocycles. The molecule has 0 radical (unpaired) electrons. The number of hydrogen-bond donors (Lipinski definition) is 1. The number of nitrogens with one attached hydrogen (secondary N) is 1. The Bertz CT molecular complexity index is 916. The Morgan fingerprint density at radius 1 is 1.00 bits per heavy atom. The number of furan rings is 1. The monoisotopic (exact) mass is 381 g/mol. The van der Waals surface area contributed by atoms with Crippen LogP contribution in [-0.2, 0) is 22.3 Å². The number of rotatable bonds is 7. The Hall–Kier alpha value is -2.66. The summed E-state index contributed by atoms with van der Waals surface area (Å²) in [4.78, 5) is 12.4. The summed E-state index contributed by atoms with van der Waals surface area (Å²) >= 11 is 0. The first-order valence-corrected chi connectivity index (χ1v) is 10.3. The van der Waals surface area contributed by atoms with Gasteiger partial charge in [-0.15, -0.1) is 0 Å². The minimum Gasteiger partial charge on any atom is -0.455 e. The van der Waals surface area contributed by atoms with Gasteiger partial charge in [0, 0.05) is 16.6 Å². The van der Waals surface area contributed by atoms with Gasteiger partial charge in [-0.1, -0.05) is 60.2 Å². The molecule has 0 saturated carbocycles. The molecule has 0 aliphatic rings. The van der Waals surface area contributed by atoms with Crippen LogP contribution in [0.5, 0.6) is 0 Å². The van der Waals surface area contributed by atoms with E-state index in [2.05, 4.69) is 5.32 Å². The number of aryl methyl sites for hydroxylation is 1. The molecule has 4 nitrogen and oxygen atoms in total. The molecule has 2 unspecified atom stereocenters. The van der Waals surface area contributed by atoms with Crippen molar-refractivity contribution in [1.82, 2.24) is 5.32 Å². The van der Waals surface area contributed by atoms with Gasteiger partial charge in [-0.3, -0.25) is 9.00 Å². The number of benzene rings is 2. The van der Waals surface area contributed by atoms with Gasteiger partial charge in [0.2, 0.25) is 0 Å². The van der Waals surface area contributed by atoms with E-state index in [4.69, 9.17) is 4.42 Å². The Morgan fingerprint density at radius 3 is 2.41 bits per heavy atom. The molecule has 0 aliphatic carbocycles. The van der Waals surface area contributed by atoms with Crippen LogP contribution in [0.25, 0.3) is 0 Å². The zero-order valence-electron chi connectivity index (χ0n) is 15.5. The Kier molecular flexibility index (Phi) is 6.24. The van der Waals surface area contributed by atoms with Crippen molar-refractivity contribution in [3.05, 3.63) is 94.9 Å². The highest BCUT2D eigenvalue weighted by molar-refractivity contribution is 7.83. The molecule has 0 spiro atoms. The van der Waals surface area contributed by atoms with E-state index in [-0.39, 0.29) is 23.5 Å². The van der Waals surface area contributed by atoms with E-state index in [1.54, 1.807) is 12.1 Å². The average Bonchev–Trinajstić information content (AvgIpc) is 3.13. The van der Waals surface area contributed by atoms with E-state index in [9.17, 15) is 9.00 Å². The van der Waals surface area contributed by atoms with Crippen molar-refractivity contribution in [1.29, 1.82) is 0 Å². The van der Waals surface area contributed by atoms with Crippen molar-refractivity contribution in [3.63, 3.8) is 0 Å². The molecule has 27 heavy (non-hydrogen) atoms. The quantitative estimate of drug-likeness (QED) is 0.654. The summed E-state index contributed by atoms with van der Waals surface area (Å²) in [6, 6.07) is 21.0. The molecule has 0 bridgehead atoms. The predicted octanol–water partition coefficient (Wildman–Crippen LogP) is 4.53. The van der Waals surface area contributed by atoms with Crippen molar-refractivity contribution in [2.75, 3.05) is 0 Å². The molecular formula is C22H23NO3S. The SMILES string of the molecule is Cc1ccc(CS(=O)Cc2ccc(C(=O)NC(C)c3ccccc3)o2)cc1. The third-order valence-corrected chi connectivity index (χ3v) is 5.55. The molecule has 5 heteroatoms. The van der Waals surface area contributed by atoms with Crippen LogP contribution in [0.1, 0.15) is 46.0 Å². The van der Waals surface area contributed by atoms with Gasteiger partial charge < -0.3 is 9.73 Å². The molecule has 0 aliphatic heterocycles. The minimum absolute atomic E-state index is 0.122. The van der Waals surface area contributed by atoms with E-state index in [0.717, 1.165) is 11.1 Å². The molecular weight excluding hydrogens is 358 g/mol. The number of carbonyl (C=O) groups excluding carboxylic acids is 1. The topological polar surface area (TPSA) is 59.3 Å². The maximum Gasteiger partial charge on any atom is 0.287 e. The van der Waals surface area contributed by atoms with Crippen LogP contribution in [0.15, 0.2) is 71.1 Å². The van der Waals surface area contributed by atoms with Crippen LogP contribution in [0.3, 0.4) is 0 Å². The van der Waals surface area contributed by atoms with Gasteiger partial charge in [0.15, 0.2) is 5.76 Å². The summed E-state index contributed by atoms with van der Waals surface area (Å²) < 4.78 is 18.0. The number of carbonyl (C=O) groups is 1. The van der Waals surface area contributed by atoms with Crippen molar-refractivity contribution < 1.29 is 13.4 Å². The molecule has 1 amide bonds. The molecule has 3 aromatic rings. The van der Waals surface area contributed by atoms with E-state index in [1.807, 2.05) is 68.4 Å². The largest absolute Gasteiger partial charge is 0.455 e. The zero-order chi connectivity index (χ0) is 19.2. The Balaban J connectivity index is 1.56. The second kappa shape index (κ2) is 8.82. The number of hydrogen-bond acceptors (Lipinski definition) is 3. The lowest BCUT2D eigenvalue weighted by molar-refractivity contribution is 0.0910. The normalized spacial score (nSPS) is 13.1. The van der Waals surface area contributed by atoms with Gasteiger partial charge in [0.25, 0.3) is 5.91 Å². The van der Waals surface area contributed by atoms with Gasteiger partial charge in [-0.2, -0.15) is 0 Å². The molecule has 1 heterocycles. The summed E-state index contributed by atoms with van der Waals surface area (Å²) in [6.45, 7) is 3.95. The summed E-state index contributed by atoms with van der Waals surface area (Å²) in [5.41, 5.74) is 3.23. The average molecular weight is 381 g/mol. The lowest BCUT2D eigenvalue weighted by Gasteiger charge is -2.13. The van der Waals surface area contributed by atoms with Gasteiger partial charge in [-0.05, 0) is 37.1 Å². The smallest absolute Gasteiger partial charge is 0.287 e. The van der Waals surface area contributed by atoms with Crippen molar-refractivity contribution in [2.45, 2.75) is 31.4 Å². The fourth-order valence-corrected chi connectivity index (χ4v) is 3.89. The Morgan fingerprint density at radius 2 is 1.70 bits per heavy atom. The van der Waals surface area contributed by atoms with Crippen LogP contribution in [-0.4, -0.2) is 10.1 Å². The van der Waals surface area contributed by atoms with Crippen molar-refractivity contribution >= 4 is 16.7 Å². The van der Waals surface area contributed by atoms with Gasteiger partial charge in [-0.25, -0.2) is 0 Å². The first-order chi connectivity index (χ1) is 13.0. The standard InChI is InChI=1S/C22H23NO3S/c1-16-8-10-18(11-9-16)14-27(25)15-20-12-13-21(26-20)22(24)23-17(2)19-6-4-3-5-7-19/h3-13,17H,14-15H2,1-2H3,(H,23,24). The summed E-state index contributed by atoms with van der Waals surface area (Å²) in [7, 11) is -1.09. The molecule has 3 rings (SSSR count). The highest BCUT2D eigenvalue weighted by atomic mass is 32.2. The maximum atomic E-state index is 12.4. The van der Waals surface area contributed by atoms with Crippen molar-refractivity contribution in [2.24, 2.45) is 0 Å². The van der Waals surface area contributed by atoms with Gasteiger partial charge >= 0.3 is 0 Å². The van der Waals surface area contributed by atoms with Gasteiger partial charge in [0.1, 0.15) is 5.76 Å². The fraction of sp³-hybridized carbons (Fsp3) is 0.227. The van der Waals surface area contributed by atoms with E-state index in [1.165, 1.54) is 5.56 Å². The predicted molar refractivity (Wildman–Crippen MR) is 108 cm³/mol. The molecule has 0 fully saturated rings. The first-order valence-electron chi connectivity index (χ1n) is 8.86. The van der Waals surface area contributed by atoms with Crippen LogP contribution in [0, 0.1) is 6.92 Å². The van der Waals surface area contributed by atoms with E-state index >= 15 is 0 Å². The highest BCUT2D eigenvalue weighted by Gasteiger charge is 2.16. The van der Waals surface area contributed by atoms with Crippen LogP contribution in [0.2, 0.25) is 0 Å². The highest BCUT2D eigenvalue weighted by Crippen LogP contribution is 2.16. The maximum absolute atomic E-state index is 12.4. The van der Waals surface area contributed by atoms with Crippen LogP contribution >= 0.6 is 0 Å². The minimum atomic E-state index is -1.09. The summed E-state index contributed by atoms with van der Waals surface area (Å²) in [6.07, 6.45) is 0. The fourth-order valence-electron chi connectivity index (χ4n) is 2.75. The summed E-state index contributed by atoms with van der Waals surface area (Å²) in [5.74, 6) is 1.27. The van der Waals surface area contributed by atoms with Crippen molar-refractivity contribution in [3.8, 4) is 0 Å². The number of amides is 1. The third-order valence-electron chi connectivity index (χ3n) is 4.28. The Labute approximate surface area is 162 Å². The third kappa shape index (κ3) is 5.41. The lowest BCUT2D eigenvalue weighted by Crippen LogP contribution is -2.26. The molecule has 2 atom stereocenters. The van der Waals surface area contributed by atoms with E-state index < -0.39 is 10.8 Å².